The third-order valence-electron chi connectivity index (χ3n) is 4.54. The number of ether oxygens (including phenoxy) is 1. The molecule has 1 aromatic rings. The normalized spacial score (nSPS) is 17.6. The van der Waals surface area contributed by atoms with E-state index in [0.29, 0.717) is 38.3 Å². The number of benzene rings is 1. The molecule has 2 rings (SSSR count). The fraction of sp³-hybridized carbons (Fsp3) is 0.611. The third-order valence-corrected chi connectivity index (χ3v) is 5.96. The van der Waals surface area contributed by atoms with Crippen molar-refractivity contribution in [1.29, 1.82) is 0 Å². The van der Waals surface area contributed by atoms with Crippen LogP contribution in [0.25, 0.3) is 0 Å². The van der Waals surface area contributed by atoms with E-state index < -0.39 is 17.6 Å². The molecule has 0 spiro atoms. The third kappa shape index (κ3) is 6.27. The topological polar surface area (TPSA) is 45.7 Å². The molecule has 0 atom stereocenters. The molecule has 0 bridgehead atoms. The number of hydrogen-bond acceptors (Lipinski definition) is 3. The number of halogens is 4. The second-order valence-corrected chi connectivity index (χ2v) is 7.62. The van der Waals surface area contributed by atoms with Crippen LogP contribution in [0.1, 0.15) is 30.9 Å². The van der Waals surface area contributed by atoms with Gasteiger partial charge < -0.3 is 15.4 Å². The van der Waals surface area contributed by atoms with Crippen LogP contribution in [-0.4, -0.2) is 43.3 Å². The first kappa shape index (κ1) is 21.8. The van der Waals surface area contributed by atoms with Gasteiger partial charge in [0.1, 0.15) is 5.82 Å². The van der Waals surface area contributed by atoms with Gasteiger partial charge in [0, 0.05) is 31.1 Å². The zero-order valence-corrected chi connectivity index (χ0v) is 16.3. The number of hydrogen-bond donors (Lipinski definition) is 2. The van der Waals surface area contributed by atoms with Crippen molar-refractivity contribution in [3.8, 4) is 0 Å². The summed E-state index contributed by atoms with van der Waals surface area (Å²) in [6.45, 7) is 4.30. The number of rotatable bonds is 6. The highest BCUT2D eigenvalue weighted by atomic mass is 32.2. The molecule has 0 amide bonds. The molecule has 0 saturated carbocycles. The van der Waals surface area contributed by atoms with Gasteiger partial charge in [0.15, 0.2) is 5.96 Å². The molecule has 1 saturated heterocycles. The van der Waals surface area contributed by atoms with Gasteiger partial charge in [-0.3, -0.25) is 0 Å². The lowest BCUT2D eigenvalue weighted by Gasteiger charge is -2.36. The molecule has 9 heteroatoms. The highest BCUT2D eigenvalue weighted by Crippen LogP contribution is 2.34. The summed E-state index contributed by atoms with van der Waals surface area (Å²) in [6, 6.07) is 2.66. The number of nitrogens with zero attached hydrogens (tertiary/aromatic N) is 1. The van der Waals surface area contributed by atoms with E-state index in [4.69, 9.17) is 4.74 Å². The molecule has 1 fully saturated rings. The molecule has 0 aliphatic carbocycles. The molecule has 152 valence electrons. The van der Waals surface area contributed by atoms with E-state index in [0.717, 1.165) is 25.0 Å². The first-order valence-corrected chi connectivity index (χ1v) is 10.0. The largest absolute Gasteiger partial charge is 0.416 e. The molecule has 4 nitrogen and oxygen atoms in total. The van der Waals surface area contributed by atoms with E-state index in [1.807, 2.05) is 13.2 Å². The average molecular weight is 407 g/mol. The van der Waals surface area contributed by atoms with Crippen LogP contribution in [0.15, 0.2) is 23.2 Å². The zero-order chi connectivity index (χ0) is 19.9. The Morgan fingerprint density at radius 2 is 1.96 bits per heavy atom. The molecule has 2 N–H and O–H groups in total. The molecule has 0 unspecified atom stereocenters. The maximum Gasteiger partial charge on any atom is 0.416 e. The van der Waals surface area contributed by atoms with Crippen molar-refractivity contribution in [1.82, 2.24) is 10.6 Å². The van der Waals surface area contributed by atoms with Gasteiger partial charge in [-0.05, 0) is 43.7 Å². The summed E-state index contributed by atoms with van der Waals surface area (Å²) in [4.78, 5) is 4.27. The fourth-order valence-electron chi connectivity index (χ4n) is 2.90. The van der Waals surface area contributed by atoms with E-state index in [-0.39, 0.29) is 16.9 Å². The van der Waals surface area contributed by atoms with Gasteiger partial charge in [-0.1, -0.05) is 6.07 Å². The van der Waals surface area contributed by atoms with Crippen molar-refractivity contribution in [2.45, 2.75) is 37.2 Å². The van der Waals surface area contributed by atoms with Crippen molar-refractivity contribution in [3.05, 3.63) is 35.1 Å². The lowest BCUT2D eigenvalue weighted by molar-refractivity contribution is -0.138. The number of thioether (sulfide) groups is 1. The second kappa shape index (κ2) is 9.64. The Hall–Kier alpha value is -1.48. The van der Waals surface area contributed by atoms with Gasteiger partial charge in [-0.15, -0.1) is 0 Å². The first-order chi connectivity index (χ1) is 12.8. The lowest BCUT2D eigenvalue weighted by Crippen LogP contribution is -2.47. The Balaban J connectivity index is 2.11. The Kier molecular flexibility index (Phi) is 7.79. The summed E-state index contributed by atoms with van der Waals surface area (Å²) >= 11 is 1.76. The Bertz CT molecular complexity index is 646. The minimum atomic E-state index is -4.62. The highest BCUT2D eigenvalue weighted by Gasteiger charge is 2.34. The number of aliphatic imine (C=N–C) groups is 1. The summed E-state index contributed by atoms with van der Waals surface area (Å²) in [7, 11) is 0. The maximum atomic E-state index is 13.2. The Labute approximate surface area is 161 Å². The molecule has 0 aromatic heterocycles. The summed E-state index contributed by atoms with van der Waals surface area (Å²) < 4.78 is 58.0. The minimum Gasteiger partial charge on any atom is -0.381 e. The van der Waals surface area contributed by atoms with E-state index in [1.54, 1.807) is 11.8 Å². The van der Waals surface area contributed by atoms with Crippen LogP contribution < -0.4 is 10.6 Å². The molecule has 1 heterocycles. The molecular formula is C18H25F4N3OS. The van der Waals surface area contributed by atoms with Crippen molar-refractivity contribution >= 4 is 17.7 Å². The van der Waals surface area contributed by atoms with Crippen LogP contribution in [0.5, 0.6) is 0 Å². The summed E-state index contributed by atoms with van der Waals surface area (Å²) in [5.74, 6) is -0.476. The van der Waals surface area contributed by atoms with Gasteiger partial charge in [0.25, 0.3) is 0 Å². The standard InChI is InChI=1S/C18H25F4N3OS/c1-3-23-16(25-12-17(27-2)6-8-26-9-7-17)24-11-13-4-5-14(19)10-15(13)18(20,21)22/h4-5,10H,3,6-9,11-12H2,1-2H3,(H2,23,24,25). The van der Waals surface area contributed by atoms with Crippen molar-refractivity contribution < 1.29 is 22.3 Å². The van der Waals surface area contributed by atoms with Gasteiger partial charge in [0.05, 0.1) is 12.1 Å². The fourth-order valence-corrected chi connectivity index (χ4v) is 3.69. The minimum absolute atomic E-state index is 0.0153. The molecular weight excluding hydrogens is 382 g/mol. The predicted molar refractivity (Wildman–Crippen MR) is 101 cm³/mol. The smallest absolute Gasteiger partial charge is 0.381 e. The van der Waals surface area contributed by atoms with Crippen LogP contribution in [0.4, 0.5) is 17.6 Å². The zero-order valence-electron chi connectivity index (χ0n) is 15.5. The quantitative estimate of drug-likeness (QED) is 0.428. The summed E-state index contributed by atoms with van der Waals surface area (Å²) in [5, 5.41) is 6.28. The van der Waals surface area contributed by atoms with E-state index in [9.17, 15) is 17.6 Å². The molecule has 1 aromatic carbocycles. The number of guanidine groups is 1. The predicted octanol–water partition coefficient (Wildman–Crippen LogP) is 3.81. The maximum absolute atomic E-state index is 13.2. The Morgan fingerprint density at radius 1 is 1.26 bits per heavy atom. The van der Waals surface area contributed by atoms with Crippen molar-refractivity contribution in [3.63, 3.8) is 0 Å². The van der Waals surface area contributed by atoms with E-state index >= 15 is 0 Å². The summed E-state index contributed by atoms with van der Waals surface area (Å²) in [5.41, 5.74) is -1.06. The molecule has 27 heavy (non-hydrogen) atoms. The first-order valence-electron chi connectivity index (χ1n) is 8.80. The second-order valence-electron chi connectivity index (χ2n) is 6.35. The number of nitrogens with one attached hydrogen (secondary N) is 2. The highest BCUT2D eigenvalue weighted by molar-refractivity contribution is 8.00. The summed E-state index contributed by atoms with van der Waals surface area (Å²) in [6.07, 6.45) is -0.775. The SMILES string of the molecule is CCNC(=NCc1ccc(F)cc1C(F)(F)F)NCC1(SC)CCOCC1. The van der Waals surface area contributed by atoms with Crippen LogP contribution >= 0.6 is 11.8 Å². The lowest BCUT2D eigenvalue weighted by atomic mass is 9.99. The van der Waals surface area contributed by atoms with Gasteiger partial charge in [0.2, 0.25) is 0 Å². The van der Waals surface area contributed by atoms with Crippen LogP contribution in [0, 0.1) is 5.82 Å². The van der Waals surface area contributed by atoms with Crippen LogP contribution in [-0.2, 0) is 17.5 Å². The van der Waals surface area contributed by atoms with Gasteiger partial charge in [-0.25, -0.2) is 9.38 Å². The molecule has 1 aliphatic heterocycles. The van der Waals surface area contributed by atoms with E-state index in [2.05, 4.69) is 15.6 Å². The van der Waals surface area contributed by atoms with Crippen LogP contribution in [0.3, 0.4) is 0 Å². The van der Waals surface area contributed by atoms with Crippen molar-refractivity contribution in [2.24, 2.45) is 4.99 Å². The molecule has 1 aliphatic rings. The van der Waals surface area contributed by atoms with Gasteiger partial charge >= 0.3 is 6.18 Å². The number of alkyl halides is 3. The van der Waals surface area contributed by atoms with Gasteiger partial charge in [-0.2, -0.15) is 24.9 Å². The monoisotopic (exact) mass is 407 g/mol. The van der Waals surface area contributed by atoms with E-state index in [1.165, 1.54) is 0 Å². The molecule has 0 radical (unpaired) electrons. The van der Waals surface area contributed by atoms with Crippen molar-refractivity contribution in [2.75, 3.05) is 32.6 Å². The average Bonchev–Trinajstić information content (AvgIpc) is 2.64. The van der Waals surface area contributed by atoms with Crippen LogP contribution in [0.2, 0.25) is 0 Å². The Morgan fingerprint density at radius 3 is 2.56 bits per heavy atom.